The molecular weight excluding hydrogens is 214 g/mol. The van der Waals surface area contributed by atoms with Crippen LogP contribution in [0.15, 0.2) is 30.3 Å². The van der Waals surface area contributed by atoms with Gasteiger partial charge in [-0.05, 0) is 25.5 Å². The quantitative estimate of drug-likeness (QED) is 0.786. The Morgan fingerprint density at radius 2 is 2.06 bits per heavy atom. The van der Waals surface area contributed by atoms with Gasteiger partial charge in [0.15, 0.2) is 0 Å². The maximum absolute atomic E-state index is 11.8. The third-order valence-electron chi connectivity index (χ3n) is 2.59. The number of amides is 2. The van der Waals surface area contributed by atoms with Gasteiger partial charge in [0, 0.05) is 19.6 Å². The van der Waals surface area contributed by atoms with Crippen molar-refractivity contribution in [3.05, 3.63) is 35.9 Å². The Hall–Kier alpha value is -1.55. The fraction of sp³-hybridized carbons (Fsp3) is 0.462. The average molecular weight is 235 g/mol. The van der Waals surface area contributed by atoms with Gasteiger partial charge in [0.1, 0.15) is 0 Å². The number of nitrogens with two attached hydrogens (primary N) is 1. The molecule has 0 radical (unpaired) electrons. The largest absolute Gasteiger partial charge is 0.334 e. The third kappa shape index (κ3) is 4.87. The molecule has 1 aromatic rings. The normalized spacial score (nSPS) is 10.0. The van der Waals surface area contributed by atoms with Gasteiger partial charge in [0.05, 0.1) is 0 Å². The summed E-state index contributed by atoms with van der Waals surface area (Å²) in [6, 6.07) is 9.86. The van der Waals surface area contributed by atoms with Crippen LogP contribution in [0.25, 0.3) is 0 Å². The lowest BCUT2D eigenvalue weighted by Gasteiger charge is -2.21. The highest BCUT2D eigenvalue weighted by atomic mass is 16.2. The number of nitrogens with zero attached hydrogens (tertiary/aromatic N) is 1. The van der Waals surface area contributed by atoms with Crippen molar-refractivity contribution in [3.63, 3.8) is 0 Å². The first-order chi connectivity index (χ1) is 8.27. The summed E-state index contributed by atoms with van der Waals surface area (Å²) in [6.07, 6.45) is 0.840. The Morgan fingerprint density at radius 3 is 2.65 bits per heavy atom. The first-order valence-corrected chi connectivity index (χ1v) is 6.04. The van der Waals surface area contributed by atoms with Crippen LogP contribution in [-0.2, 0) is 6.54 Å². The summed E-state index contributed by atoms with van der Waals surface area (Å²) in [5.41, 5.74) is 6.55. The molecule has 0 heterocycles. The summed E-state index contributed by atoms with van der Waals surface area (Å²) in [6.45, 7) is 4.58. The van der Waals surface area contributed by atoms with E-state index in [1.54, 1.807) is 4.90 Å². The molecule has 4 nitrogen and oxygen atoms in total. The van der Waals surface area contributed by atoms with Crippen LogP contribution in [-0.4, -0.2) is 30.6 Å². The lowest BCUT2D eigenvalue weighted by Crippen LogP contribution is -2.40. The topological polar surface area (TPSA) is 58.4 Å². The van der Waals surface area contributed by atoms with Crippen LogP contribution in [0, 0.1) is 0 Å². The van der Waals surface area contributed by atoms with E-state index in [2.05, 4.69) is 5.32 Å². The highest BCUT2D eigenvalue weighted by molar-refractivity contribution is 5.74. The van der Waals surface area contributed by atoms with Gasteiger partial charge in [-0.1, -0.05) is 30.3 Å². The first kappa shape index (κ1) is 13.5. The van der Waals surface area contributed by atoms with Gasteiger partial charge in [-0.25, -0.2) is 4.79 Å². The van der Waals surface area contributed by atoms with E-state index in [1.807, 2.05) is 37.3 Å². The summed E-state index contributed by atoms with van der Waals surface area (Å²) in [4.78, 5) is 13.6. The van der Waals surface area contributed by atoms with Crippen molar-refractivity contribution in [2.45, 2.75) is 19.9 Å². The second-order valence-electron chi connectivity index (χ2n) is 3.87. The molecule has 0 saturated heterocycles. The van der Waals surface area contributed by atoms with E-state index in [4.69, 9.17) is 5.73 Å². The van der Waals surface area contributed by atoms with Crippen LogP contribution >= 0.6 is 0 Å². The SMILES string of the molecule is CCN(CCCN)C(=O)NCc1ccccc1. The van der Waals surface area contributed by atoms with Gasteiger partial charge in [-0.3, -0.25) is 0 Å². The van der Waals surface area contributed by atoms with Crippen LogP contribution in [0.5, 0.6) is 0 Å². The Kier molecular flexibility index (Phi) is 6.10. The molecule has 0 aliphatic heterocycles. The second-order valence-corrected chi connectivity index (χ2v) is 3.87. The number of carbonyl (C=O) groups is 1. The van der Waals surface area contributed by atoms with E-state index in [0.717, 1.165) is 12.0 Å². The minimum Gasteiger partial charge on any atom is -0.334 e. The zero-order valence-corrected chi connectivity index (χ0v) is 10.4. The minimum absolute atomic E-state index is 0.0233. The Bertz CT molecular complexity index is 327. The average Bonchev–Trinajstić information content (AvgIpc) is 2.38. The smallest absolute Gasteiger partial charge is 0.317 e. The lowest BCUT2D eigenvalue weighted by molar-refractivity contribution is 0.200. The first-order valence-electron chi connectivity index (χ1n) is 6.04. The van der Waals surface area contributed by atoms with Crippen LogP contribution in [0.2, 0.25) is 0 Å². The zero-order valence-electron chi connectivity index (χ0n) is 10.4. The van der Waals surface area contributed by atoms with E-state index < -0.39 is 0 Å². The van der Waals surface area contributed by atoms with E-state index in [9.17, 15) is 4.79 Å². The predicted molar refractivity (Wildman–Crippen MR) is 69.6 cm³/mol. The summed E-state index contributed by atoms with van der Waals surface area (Å²) in [5, 5.41) is 2.91. The maximum Gasteiger partial charge on any atom is 0.317 e. The van der Waals surface area contributed by atoms with Crippen molar-refractivity contribution in [1.29, 1.82) is 0 Å². The molecule has 1 aromatic carbocycles. The molecular formula is C13H21N3O. The number of nitrogens with one attached hydrogen (secondary N) is 1. The van der Waals surface area contributed by atoms with Gasteiger partial charge >= 0.3 is 6.03 Å². The summed E-state index contributed by atoms with van der Waals surface area (Å²) in [5.74, 6) is 0. The highest BCUT2D eigenvalue weighted by Crippen LogP contribution is 1.98. The lowest BCUT2D eigenvalue weighted by atomic mass is 10.2. The molecule has 1 rings (SSSR count). The van der Waals surface area contributed by atoms with Crippen molar-refractivity contribution >= 4 is 6.03 Å². The summed E-state index contributed by atoms with van der Waals surface area (Å²) in [7, 11) is 0. The molecule has 3 N–H and O–H groups in total. The van der Waals surface area contributed by atoms with E-state index in [-0.39, 0.29) is 6.03 Å². The van der Waals surface area contributed by atoms with Crippen LogP contribution in [0.1, 0.15) is 18.9 Å². The molecule has 0 saturated carbocycles. The molecule has 4 heteroatoms. The number of urea groups is 1. The van der Waals surface area contributed by atoms with Gasteiger partial charge in [-0.15, -0.1) is 0 Å². The second kappa shape index (κ2) is 7.68. The van der Waals surface area contributed by atoms with Crippen molar-refractivity contribution in [2.24, 2.45) is 5.73 Å². The van der Waals surface area contributed by atoms with Gasteiger partial charge in [0.25, 0.3) is 0 Å². The Morgan fingerprint density at radius 1 is 1.35 bits per heavy atom. The fourth-order valence-corrected chi connectivity index (χ4v) is 1.57. The highest BCUT2D eigenvalue weighted by Gasteiger charge is 2.09. The standard InChI is InChI=1S/C13H21N3O/c1-2-16(10-6-9-14)13(17)15-11-12-7-4-3-5-8-12/h3-5,7-8H,2,6,9-11,14H2,1H3,(H,15,17). The van der Waals surface area contributed by atoms with E-state index >= 15 is 0 Å². The summed E-state index contributed by atoms with van der Waals surface area (Å²) < 4.78 is 0. The van der Waals surface area contributed by atoms with Crippen LogP contribution in [0.3, 0.4) is 0 Å². The van der Waals surface area contributed by atoms with Crippen molar-refractivity contribution < 1.29 is 4.79 Å². The van der Waals surface area contributed by atoms with Gasteiger partial charge < -0.3 is 16.0 Å². The monoisotopic (exact) mass is 235 g/mol. The number of carbonyl (C=O) groups excluding carboxylic acids is 1. The minimum atomic E-state index is -0.0233. The molecule has 0 atom stereocenters. The van der Waals surface area contributed by atoms with Gasteiger partial charge in [0.2, 0.25) is 0 Å². The molecule has 0 aliphatic rings. The zero-order chi connectivity index (χ0) is 12.5. The van der Waals surface area contributed by atoms with Crippen molar-refractivity contribution in [3.8, 4) is 0 Å². The molecule has 17 heavy (non-hydrogen) atoms. The Balaban J connectivity index is 2.37. The molecule has 0 aliphatic carbocycles. The summed E-state index contributed by atoms with van der Waals surface area (Å²) >= 11 is 0. The predicted octanol–water partition coefficient (Wildman–Crippen LogP) is 1.57. The van der Waals surface area contributed by atoms with Crippen molar-refractivity contribution in [1.82, 2.24) is 10.2 Å². The number of rotatable bonds is 6. The fourth-order valence-electron chi connectivity index (χ4n) is 1.57. The van der Waals surface area contributed by atoms with Gasteiger partial charge in [-0.2, -0.15) is 0 Å². The Labute approximate surface area is 103 Å². The molecule has 94 valence electrons. The number of hydrogen-bond acceptors (Lipinski definition) is 2. The number of benzene rings is 1. The molecule has 0 fully saturated rings. The number of hydrogen-bond donors (Lipinski definition) is 2. The third-order valence-corrected chi connectivity index (χ3v) is 2.59. The molecule has 0 aromatic heterocycles. The van der Waals surface area contributed by atoms with Crippen molar-refractivity contribution in [2.75, 3.05) is 19.6 Å². The molecule has 0 bridgehead atoms. The van der Waals surface area contributed by atoms with E-state index in [1.165, 1.54) is 0 Å². The maximum atomic E-state index is 11.8. The molecule has 2 amide bonds. The molecule has 0 spiro atoms. The van der Waals surface area contributed by atoms with Crippen LogP contribution < -0.4 is 11.1 Å². The molecule has 0 unspecified atom stereocenters. The van der Waals surface area contributed by atoms with E-state index in [0.29, 0.717) is 26.2 Å². The van der Waals surface area contributed by atoms with Crippen LogP contribution in [0.4, 0.5) is 4.79 Å².